The Balaban J connectivity index is 3.12. The van der Waals surface area contributed by atoms with Gasteiger partial charge in [0.15, 0.2) is 6.29 Å². The first-order chi connectivity index (χ1) is 6.19. The third-order valence-electron chi connectivity index (χ3n) is 1.68. The molecule has 0 heterocycles. The number of aromatic hydroxyl groups is 1. The number of carbonyl (C=O) groups is 1. The van der Waals surface area contributed by atoms with E-state index in [9.17, 15) is 14.3 Å². The van der Waals surface area contributed by atoms with Crippen molar-refractivity contribution in [2.75, 3.05) is 6.86 Å². The molecule has 0 saturated carbocycles. The molecule has 1 rings (SSSR count). The second kappa shape index (κ2) is 3.89. The predicted molar refractivity (Wildman–Crippen MR) is 44.8 cm³/mol. The zero-order valence-corrected chi connectivity index (χ0v) is 7.08. The van der Waals surface area contributed by atoms with Crippen molar-refractivity contribution in [3.05, 3.63) is 23.3 Å². The molecule has 70 valence electrons. The van der Waals surface area contributed by atoms with E-state index in [0.717, 1.165) is 0 Å². The number of carbonyl (C=O) groups excluding carboxylic acids is 1. The van der Waals surface area contributed by atoms with Crippen LogP contribution in [0.2, 0.25) is 0 Å². The molecule has 13 heavy (non-hydrogen) atoms. The lowest BCUT2D eigenvalue weighted by molar-refractivity contribution is 0.112. The summed E-state index contributed by atoms with van der Waals surface area (Å²) in [6, 6.07) is 2.69. The fraction of sp³-hybridized carbons (Fsp3) is 0.222. The highest BCUT2D eigenvalue weighted by atomic mass is 19.1. The molecule has 0 amide bonds. The van der Waals surface area contributed by atoms with Crippen molar-refractivity contribution in [2.24, 2.45) is 0 Å². The highest BCUT2D eigenvalue weighted by molar-refractivity contribution is 5.81. The van der Waals surface area contributed by atoms with E-state index in [2.05, 4.69) is 4.74 Å². The molecule has 0 aliphatic rings. The van der Waals surface area contributed by atoms with Crippen LogP contribution in [0.3, 0.4) is 0 Å². The van der Waals surface area contributed by atoms with Crippen LogP contribution in [0, 0.1) is 6.92 Å². The average Bonchev–Trinajstić information content (AvgIpc) is 2.04. The smallest absolute Gasteiger partial charge is 0.228 e. The van der Waals surface area contributed by atoms with Crippen LogP contribution in [0.25, 0.3) is 0 Å². The van der Waals surface area contributed by atoms with Crippen LogP contribution in [-0.2, 0) is 0 Å². The molecule has 0 fully saturated rings. The molecule has 0 aromatic heterocycles. The van der Waals surface area contributed by atoms with Crippen molar-refractivity contribution in [3.63, 3.8) is 0 Å². The van der Waals surface area contributed by atoms with Gasteiger partial charge in [0.1, 0.15) is 11.5 Å². The maximum atomic E-state index is 11.8. The summed E-state index contributed by atoms with van der Waals surface area (Å²) in [6.07, 6.45) is 0.546. The number of phenolic OH excluding ortho intramolecular Hbond substituents is 1. The number of phenols is 1. The van der Waals surface area contributed by atoms with E-state index in [1.807, 2.05) is 0 Å². The molecule has 0 radical (unpaired) electrons. The Hall–Kier alpha value is -1.58. The molecule has 1 aromatic carbocycles. The fourth-order valence-corrected chi connectivity index (χ4v) is 1.05. The zero-order chi connectivity index (χ0) is 9.84. The van der Waals surface area contributed by atoms with Crippen LogP contribution in [0.4, 0.5) is 4.39 Å². The Morgan fingerprint density at radius 1 is 1.62 bits per heavy atom. The SMILES string of the molecule is Cc1cc(OCF)cc(O)c1C=O. The highest BCUT2D eigenvalue weighted by Gasteiger charge is 2.06. The topological polar surface area (TPSA) is 46.5 Å². The first-order valence-corrected chi connectivity index (χ1v) is 3.66. The molecular formula is C9H9FO3. The normalized spacial score (nSPS) is 9.69. The van der Waals surface area contributed by atoms with Crippen molar-refractivity contribution < 1.29 is 19.0 Å². The Bertz CT molecular complexity index is 300. The van der Waals surface area contributed by atoms with Gasteiger partial charge in [0.25, 0.3) is 0 Å². The van der Waals surface area contributed by atoms with Gasteiger partial charge >= 0.3 is 0 Å². The number of ether oxygens (including phenoxy) is 1. The summed E-state index contributed by atoms with van der Waals surface area (Å²) in [6.45, 7) is 0.674. The first-order valence-electron chi connectivity index (χ1n) is 3.66. The van der Waals surface area contributed by atoms with E-state index in [4.69, 9.17) is 0 Å². The van der Waals surface area contributed by atoms with Crippen LogP contribution < -0.4 is 4.74 Å². The maximum Gasteiger partial charge on any atom is 0.228 e. The number of aldehydes is 1. The average molecular weight is 184 g/mol. The summed E-state index contributed by atoms with van der Waals surface area (Å²) in [5.74, 6) is 0.0153. The second-order valence-corrected chi connectivity index (χ2v) is 2.54. The van der Waals surface area contributed by atoms with Gasteiger partial charge in [-0.1, -0.05) is 0 Å². The van der Waals surface area contributed by atoms with Crippen LogP contribution in [0.1, 0.15) is 15.9 Å². The number of hydrogen-bond acceptors (Lipinski definition) is 3. The molecule has 1 aromatic rings. The quantitative estimate of drug-likeness (QED) is 0.729. The molecule has 4 heteroatoms. The van der Waals surface area contributed by atoms with Crippen molar-refractivity contribution in [3.8, 4) is 11.5 Å². The van der Waals surface area contributed by atoms with Gasteiger partial charge < -0.3 is 9.84 Å². The van der Waals surface area contributed by atoms with Gasteiger partial charge in [0.05, 0.1) is 5.56 Å². The van der Waals surface area contributed by atoms with Crippen LogP contribution in [-0.4, -0.2) is 18.3 Å². The lowest BCUT2D eigenvalue weighted by Crippen LogP contribution is -1.93. The summed E-state index contributed by atoms with van der Waals surface area (Å²) in [4.78, 5) is 10.4. The number of aryl methyl sites for hydroxylation is 1. The van der Waals surface area contributed by atoms with E-state index in [-0.39, 0.29) is 17.1 Å². The van der Waals surface area contributed by atoms with Crippen molar-refractivity contribution in [1.82, 2.24) is 0 Å². The Morgan fingerprint density at radius 3 is 2.77 bits per heavy atom. The van der Waals surface area contributed by atoms with Gasteiger partial charge in [-0.3, -0.25) is 4.79 Å². The van der Waals surface area contributed by atoms with Gasteiger partial charge in [-0.25, -0.2) is 4.39 Å². The van der Waals surface area contributed by atoms with Crippen molar-refractivity contribution >= 4 is 6.29 Å². The second-order valence-electron chi connectivity index (χ2n) is 2.54. The van der Waals surface area contributed by atoms with Crippen LogP contribution in [0.5, 0.6) is 11.5 Å². The van der Waals surface area contributed by atoms with Crippen LogP contribution in [0.15, 0.2) is 12.1 Å². The van der Waals surface area contributed by atoms with E-state index in [1.165, 1.54) is 12.1 Å². The number of benzene rings is 1. The first kappa shape index (κ1) is 9.51. The molecule has 3 nitrogen and oxygen atoms in total. The number of alkyl halides is 1. The van der Waals surface area contributed by atoms with E-state index in [0.29, 0.717) is 11.8 Å². The van der Waals surface area contributed by atoms with Crippen molar-refractivity contribution in [1.29, 1.82) is 0 Å². The van der Waals surface area contributed by atoms with Crippen molar-refractivity contribution in [2.45, 2.75) is 6.92 Å². The molecule has 0 unspecified atom stereocenters. The number of halogens is 1. The van der Waals surface area contributed by atoms with E-state index < -0.39 is 6.86 Å². The molecule has 0 spiro atoms. The van der Waals surface area contributed by atoms with Gasteiger partial charge in [0.2, 0.25) is 6.86 Å². The van der Waals surface area contributed by atoms with Gasteiger partial charge in [-0.05, 0) is 18.6 Å². The van der Waals surface area contributed by atoms with Gasteiger partial charge in [0, 0.05) is 6.07 Å². The Kier molecular flexibility index (Phi) is 2.84. The summed E-state index contributed by atoms with van der Waals surface area (Å²) < 4.78 is 16.3. The predicted octanol–water partition coefficient (Wildman–Crippen LogP) is 1.82. The standard InChI is InChI=1S/C9H9FO3/c1-6-2-7(13-5-10)3-9(12)8(6)4-11/h2-4,12H,5H2,1H3. The summed E-state index contributed by atoms with van der Waals surface area (Å²) >= 11 is 0. The zero-order valence-electron chi connectivity index (χ0n) is 7.08. The molecule has 0 saturated heterocycles. The fourth-order valence-electron chi connectivity index (χ4n) is 1.05. The Labute approximate surface area is 74.8 Å². The summed E-state index contributed by atoms with van der Waals surface area (Å²) in [7, 11) is 0. The Morgan fingerprint density at radius 2 is 2.31 bits per heavy atom. The summed E-state index contributed by atoms with van der Waals surface area (Å²) in [5.41, 5.74) is 0.754. The monoisotopic (exact) mass is 184 g/mol. The minimum atomic E-state index is -0.959. The summed E-state index contributed by atoms with van der Waals surface area (Å²) in [5, 5.41) is 9.27. The van der Waals surface area contributed by atoms with Gasteiger partial charge in [-0.2, -0.15) is 0 Å². The highest BCUT2D eigenvalue weighted by Crippen LogP contribution is 2.25. The molecule has 1 N–H and O–H groups in total. The minimum absolute atomic E-state index is 0.196. The molecule has 0 bridgehead atoms. The molecular weight excluding hydrogens is 175 g/mol. The lowest BCUT2D eigenvalue weighted by atomic mass is 10.1. The molecule has 0 atom stereocenters. The maximum absolute atomic E-state index is 11.8. The van der Waals surface area contributed by atoms with Gasteiger partial charge in [-0.15, -0.1) is 0 Å². The molecule has 0 aliphatic carbocycles. The third-order valence-corrected chi connectivity index (χ3v) is 1.68. The number of rotatable bonds is 3. The van der Waals surface area contributed by atoms with E-state index in [1.54, 1.807) is 6.92 Å². The lowest BCUT2D eigenvalue weighted by Gasteiger charge is -2.06. The van der Waals surface area contributed by atoms with E-state index >= 15 is 0 Å². The largest absolute Gasteiger partial charge is 0.507 e. The number of hydrogen-bond donors (Lipinski definition) is 1. The van der Waals surface area contributed by atoms with Crippen LogP contribution >= 0.6 is 0 Å². The minimum Gasteiger partial charge on any atom is -0.507 e. The third kappa shape index (κ3) is 1.96. The molecule has 0 aliphatic heterocycles.